The van der Waals surface area contributed by atoms with E-state index >= 15 is 0 Å². The second kappa shape index (κ2) is 5.54. The summed E-state index contributed by atoms with van der Waals surface area (Å²) in [6, 6.07) is 11.3. The number of rotatable bonds is 3. The molecule has 2 aromatic rings. The van der Waals surface area contributed by atoms with E-state index < -0.39 is 0 Å². The van der Waals surface area contributed by atoms with Crippen molar-refractivity contribution in [3.8, 4) is 0 Å². The lowest BCUT2D eigenvalue weighted by Crippen LogP contribution is -2.18. The predicted molar refractivity (Wildman–Crippen MR) is 78.2 cm³/mol. The quantitative estimate of drug-likeness (QED) is 0.907. The zero-order valence-electron chi connectivity index (χ0n) is 11.4. The highest BCUT2D eigenvalue weighted by atomic mass is 14.9. The summed E-state index contributed by atoms with van der Waals surface area (Å²) < 4.78 is 0. The molecule has 1 aliphatic carbocycles. The van der Waals surface area contributed by atoms with E-state index in [2.05, 4.69) is 34.6 Å². The summed E-state index contributed by atoms with van der Waals surface area (Å²) in [6.07, 6.45) is 8.90. The van der Waals surface area contributed by atoms with Crippen molar-refractivity contribution in [2.45, 2.75) is 31.7 Å². The molecule has 1 aliphatic rings. The fourth-order valence-corrected chi connectivity index (χ4v) is 3.01. The Hall–Kier alpha value is -1.67. The Balaban J connectivity index is 1.96. The SMILES string of the molecule is CNC(c1cccnc1)c1ccc2c(c1)CCCC2. The predicted octanol–water partition coefficient (Wildman–Crippen LogP) is 3.27. The van der Waals surface area contributed by atoms with Gasteiger partial charge in [-0.3, -0.25) is 4.98 Å². The van der Waals surface area contributed by atoms with Crippen molar-refractivity contribution < 1.29 is 0 Å². The van der Waals surface area contributed by atoms with Gasteiger partial charge in [0.25, 0.3) is 0 Å². The lowest BCUT2D eigenvalue weighted by Gasteiger charge is -2.21. The van der Waals surface area contributed by atoms with Crippen LogP contribution in [0.2, 0.25) is 0 Å². The molecule has 0 saturated heterocycles. The van der Waals surface area contributed by atoms with E-state index in [0.717, 1.165) is 0 Å². The molecule has 0 radical (unpaired) electrons. The molecule has 1 N–H and O–H groups in total. The number of pyridine rings is 1. The van der Waals surface area contributed by atoms with Crippen LogP contribution in [-0.4, -0.2) is 12.0 Å². The third-order valence-electron chi connectivity index (χ3n) is 4.01. The number of nitrogens with zero attached hydrogens (tertiary/aromatic N) is 1. The first-order valence-electron chi connectivity index (χ1n) is 7.07. The van der Waals surface area contributed by atoms with E-state index in [1.807, 2.05) is 25.5 Å². The van der Waals surface area contributed by atoms with Gasteiger partial charge in [0.15, 0.2) is 0 Å². The van der Waals surface area contributed by atoms with Crippen LogP contribution in [0.25, 0.3) is 0 Å². The van der Waals surface area contributed by atoms with Gasteiger partial charge in [0.05, 0.1) is 6.04 Å². The normalized spacial score (nSPS) is 15.8. The van der Waals surface area contributed by atoms with Gasteiger partial charge >= 0.3 is 0 Å². The summed E-state index contributed by atoms with van der Waals surface area (Å²) in [6.45, 7) is 0. The van der Waals surface area contributed by atoms with Crippen molar-refractivity contribution in [3.63, 3.8) is 0 Å². The van der Waals surface area contributed by atoms with E-state index in [-0.39, 0.29) is 6.04 Å². The summed E-state index contributed by atoms with van der Waals surface area (Å²) in [4.78, 5) is 4.23. The molecule has 0 amide bonds. The standard InChI is InChI=1S/C17H20N2/c1-18-17(16-7-4-10-19-12-16)15-9-8-13-5-2-3-6-14(13)11-15/h4,7-12,17-18H,2-3,5-6H2,1H3. The van der Waals surface area contributed by atoms with Gasteiger partial charge < -0.3 is 5.32 Å². The zero-order chi connectivity index (χ0) is 13.1. The fraction of sp³-hybridized carbons (Fsp3) is 0.353. The minimum Gasteiger partial charge on any atom is -0.309 e. The lowest BCUT2D eigenvalue weighted by molar-refractivity contribution is 0.666. The van der Waals surface area contributed by atoms with E-state index in [1.54, 1.807) is 0 Å². The van der Waals surface area contributed by atoms with Crippen molar-refractivity contribution in [1.29, 1.82) is 0 Å². The number of nitrogens with one attached hydrogen (secondary N) is 1. The van der Waals surface area contributed by atoms with Crippen LogP contribution in [0.15, 0.2) is 42.7 Å². The van der Waals surface area contributed by atoms with Crippen LogP contribution in [-0.2, 0) is 12.8 Å². The Morgan fingerprint density at radius 3 is 2.63 bits per heavy atom. The maximum Gasteiger partial charge on any atom is 0.0589 e. The molecule has 0 aliphatic heterocycles. The minimum absolute atomic E-state index is 0.237. The van der Waals surface area contributed by atoms with Crippen LogP contribution in [0.5, 0.6) is 0 Å². The van der Waals surface area contributed by atoms with Gasteiger partial charge in [-0.05, 0) is 61.1 Å². The summed E-state index contributed by atoms with van der Waals surface area (Å²) in [7, 11) is 2.01. The molecule has 1 aromatic carbocycles. The van der Waals surface area contributed by atoms with Crippen LogP contribution in [0, 0.1) is 0 Å². The number of aromatic nitrogens is 1. The molecule has 1 aromatic heterocycles. The Morgan fingerprint density at radius 2 is 1.89 bits per heavy atom. The van der Waals surface area contributed by atoms with Crippen LogP contribution in [0.3, 0.4) is 0 Å². The van der Waals surface area contributed by atoms with Crippen LogP contribution in [0.4, 0.5) is 0 Å². The highest BCUT2D eigenvalue weighted by Gasteiger charge is 2.15. The van der Waals surface area contributed by atoms with Gasteiger partial charge in [-0.2, -0.15) is 0 Å². The molecule has 0 spiro atoms. The third kappa shape index (κ3) is 2.54. The first kappa shape index (κ1) is 12.4. The first-order valence-corrected chi connectivity index (χ1v) is 7.07. The van der Waals surface area contributed by atoms with Crippen molar-refractivity contribution >= 4 is 0 Å². The summed E-state index contributed by atoms with van der Waals surface area (Å²) in [5, 5.41) is 3.40. The molecule has 1 atom stereocenters. The van der Waals surface area contributed by atoms with Gasteiger partial charge in [-0.15, -0.1) is 0 Å². The second-order valence-corrected chi connectivity index (χ2v) is 5.24. The Bertz CT molecular complexity index is 548. The number of hydrogen-bond donors (Lipinski definition) is 1. The van der Waals surface area contributed by atoms with E-state index in [9.17, 15) is 0 Å². The third-order valence-corrected chi connectivity index (χ3v) is 4.01. The molecule has 1 heterocycles. The van der Waals surface area contributed by atoms with Gasteiger partial charge in [-0.1, -0.05) is 24.3 Å². The van der Waals surface area contributed by atoms with Crippen molar-refractivity contribution in [2.24, 2.45) is 0 Å². The largest absolute Gasteiger partial charge is 0.309 e. The highest BCUT2D eigenvalue weighted by Crippen LogP contribution is 2.27. The van der Waals surface area contributed by atoms with Crippen LogP contribution in [0.1, 0.15) is 41.1 Å². The molecule has 2 heteroatoms. The van der Waals surface area contributed by atoms with Gasteiger partial charge in [0.1, 0.15) is 0 Å². The molecular formula is C17H20N2. The molecule has 2 nitrogen and oxygen atoms in total. The molecule has 19 heavy (non-hydrogen) atoms. The maximum absolute atomic E-state index is 4.23. The topological polar surface area (TPSA) is 24.9 Å². The molecule has 0 saturated carbocycles. The number of hydrogen-bond acceptors (Lipinski definition) is 2. The van der Waals surface area contributed by atoms with E-state index in [4.69, 9.17) is 0 Å². The van der Waals surface area contributed by atoms with Crippen molar-refractivity contribution in [2.75, 3.05) is 7.05 Å². The van der Waals surface area contributed by atoms with E-state index in [1.165, 1.54) is 47.9 Å². The smallest absolute Gasteiger partial charge is 0.0589 e. The Labute approximate surface area is 114 Å². The van der Waals surface area contributed by atoms with Gasteiger partial charge in [-0.25, -0.2) is 0 Å². The number of benzene rings is 1. The summed E-state index contributed by atoms with van der Waals surface area (Å²) in [5.41, 5.74) is 5.64. The molecular weight excluding hydrogens is 232 g/mol. The lowest BCUT2D eigenvalue weighted by atomic mass is 9.88. The second-order valence-electron chi connectivity index (χ2n) is 5.24. The maximum atomic E-state index is 4.23. The zero-order valence-corrected chi connectivity index (χ0v) is 11.4. The van der Waals surface area contributed by atoms with Crippen molar-refractivity contribution in [3.05, 3.63) is 65.0 Å². The summed E-state index contributed by atoms with van der Waals surface area (Å²) >= 11 is 0. The molecule has 3 rings (SSSR count). The van der Waals surface area contributed by atoms with Crippen LogP contribution < -0.4 is 5.32 Å². The first-order chi connectivity index (χ1) is 9.38. The Morgan fingerprint density at radius 1 is 1.05 bits per heavy atom. The average molecular weight is 252 g/mol. The van der Waals surface area contributed by atoms with Gasteiger partial charge in [0.2, 0.25) is 0 Å². The molecule has 98 valence electrons. The summed E-state index contributed by atoms with van der Waals surface area (Å²) in [5.74, 6) is 0. The fourth-order valence-electron chi connectivity index (χ4n) is 3.01. The average Bonchev–Trinajstić information content (AvgIpc) is 2.49. The highest BCUT2D eigenvalue weighted by molar-refractivity contribution is 5.38. The molecule has 0 fully saturated rings. The minimum atomic E-state index is 0.237. The monoisotopic (exact) mass is 252 g/mol. The number of aryl methyl sites for hydroxylation is 2. The number of fused-ring (bicyclic) bond motifs is 1. The molecule has 0 bridgehead atoms. The van der Waals surface area contributed by atoms with Crippen LogP contribution >= 0.6 is 0 Å². The van der Waals surface area contributed by atoms with Crippen molar-refractivity contribution in [1.82, 2.24) is 10.3 Å². The molecule has 1 unspecified atom stereocenters. The Kier molecular flexibility index (Phi) is 3.60. The van der Waals surface area contributed by atoms with Gasteiger partial charge in [0, 0.05) is 12.4 Å². The van der Waals surface area contributed by atoms with E-state index in [0.29, 0.717) is 0 Å².